The van der Waals surface area contributed by atoms with Gasteiger partial charge < -0.3 is 4.74 Å². The maximum absolute atomic E-state index is 12.3. The summed E-state index contributed by atoms with van der Waals surface area (Å²) >= 11 is 0. The van der Waals surface area contributed by atoms with Crippen LogP contribution >= 0.6 is 0 Å². The van der Waals surface area contributed by atoms with E-state index in [0.717, 1.165) is 9.87 Å². The molecule has 0 aliphatic heterocycles. The van der Waals surface area contributed by atoms with Crippen molar-refractivity contribution in [2.24, 2.45) is 0 Å². The molecule has 0 aliphatic rings. The molecular formula is C22H22N4O5S. The van der Waals surface area contributed by atoms with Crippen LogP contribution in [0.15, 0.2) is 78.0 Å². The van der Waals surface area contributed by atoms with E-state index in [-0.39, 0.29) is 10.5 Å². The summed E-state index contributed by atoms with van der Waals surface area (Å²) in [5, 5.41) is 0. The molecule has 1 aromatic heterocycles. The summed E-state index contributed by atoms with van der Waals surface area (Å²) in [4.78, 5) is 28.6. The van der Waals surface area contributed by atoms with Crippen molar-refractivity contribution >= 4 is 21.8 Å². The highest BCUT2D eigenvalue weighted by Crippen LogP contribution is 2.15. The summed E-state index contributed by atoms with van der Waals surface area (Å²) in [6, 6.07) is 15.6. The van der Waals surface area contributed by atoms with E-state index in [4.69, 9.17) is 4.74 Å². The molecule has 0 fully saturated rings. The fraction of sp³-hybridized carbons (Fsp3) is 0.136. The summed E-state index contributed by atoms with van der Waals surface area (Å²) in [6.45, 7) is 0.368. The Hall–Kier alpha value is -3.76. The van der Waals surface area contributed by atoms with Crippen molar-refractivity contribution in [1.82, 2.24) is 20.1 Å². The molecule has 3 aromatic rings. The number of hydrogen-bond donors (Lipinski definition) is 2. The Kier molecular flexibility index (Phi) is 7.18. The molecular weight excluding hydrogens is 432 g/mol. The van der Waals surface area contributed by atoms with Crippen molar-refractivity contribution in [2.45, 2.75) is 11.5 Å². The maximum atomic E-state index is 12.3. The van der Waals surface area contributed by atoms with E-state index in [0.29, 0.717) is 17.9 Å². The van der Waals surface area contributed by atoms with Gasteiger partial charge in [-0.25, -0.2) is 12.7 Å². The summed E-state index contributed by atoms with van der Waals surface area (Å²) in [5.41, 5.74) is 5.96. The number of hydrazine groups is 1. The van der Waals surface area contributed by atoms with E-state index < -0.39 is 21.8 Å². The maximum Gasteiger partial charge on any atom is 0.269 e. The predicted octanol–water partition coefficient (Wildman–Crippen LogP) is 1.99. The van der Waals surface area contributed by atoms with Gasteiger partial charge in [-0.15, -0.1) is 0 Å². The van der Waals surface area contributed by atoms with Crippen molar-refractivity contribution in [2.75, 3.05) is 14.1 Å². The average Bonchev–Trinajstić information content (AvgIpc) is 2.82. The third kappa shape index (κ3) is 5.68. The molecule has 0 saturated heterocycles. The van der Waals surface area contributed by atoms with Crippen LogP contribution in [0.5, 0.6) is 5.75 Å². The topological polar surface area (TPSA) is 118 Å². The monoisotopic (exact) mass is 454 g/mol. The van der Waals surface area contributed by atoms with Gasteiger partial charge in [0.2, 0.25) is 10.0 Å². The number of sulfonamides is 1. The third-order valence-corrected chi connectivity index (χ3v) is 6.25. The Bertz CT molecular complexity index is 1200. The summed E-state index contributed by atoms with van der Waals surface area (Å²) in [5.74, 6) is -0.594. The second-order valence-corrected chi connectivity index (χ2v) is 9.04. The number of hydrogen-bond acceptors (Lipinski definition) is 6. The van der Waals surface area contributed by atoms with Crippen LogP contribution in [-0.2, 0) is 16.6 Å². The summed E-state index contributed by atoms with van der Waals surface area (Å²) in [6.07, 6.45) is 3.36. The number of nitrogens with one attached hydrogen (secondary N) is 2. The summed E-state index contributed by atoms with van der Waals surface area (Å²) < 4.78 is 31.2. The van der Waals surface area contributed by atoms with Crippen LogP contribution in [0.4, 0.5) is 0 Å². The molecule has 1 heterocycles. The van der Waals surface area contributed by atoms with Crippen LogP contribution in [-0.4, -0.2) is 43.6 Å². The average molecular weight is 455 g/mol. The molecule has 0 radical (unpaired) electrons. The van der Waals surface area contributed by atoms with E-state index in [1.165, 1.54) is 38.4 Å². The first kappa shape index (κ1) is 22.9. The molecule has 0 bridgehead atoms. The molecule has 10 heteroatoms. The van der Waals surface area contributed by atoms with Crippen molar-refractivity contribution in [3.63, 3.8) is 0 Å². The SMILES string of the molecule is CN(C)S(=O)(=O)c1cccc(C(=O)NNC(=O)c2ccc(OCc3ccncc3)cc2)c1. The van der Waals surface area contributed by atoms with Gasteiger partial charge in [0, 0.05) is 37.6 Å². The zero-order chi connectivity index (χ0) is 23.1. The molecule has 0 spiro atoms. The largest absolute Gasteiger partial charge is 0.489 e. The highest BCUT2D eigenvalue weighted by atomic mass is 32.2. The van der Waals surface area contributed by atoms with Gasteiger partial charge in [-0.1, -0.05) is 6.07 Å². The van der Waals surface area contributed by atoms with Crippen LogP contribution in [0.3, 0.4) is 0 Å². The molecule has 3 rings (SSSR count). The smallest absolute Gasteiger partial charge is 0.269 e. The molecule has 0 saturated carbocycles. The number of carbonyl (C=O) groups is 2. The molecule has 0 unspecified atom stereocenters. The highest BCUT2D eigenvalue weighted by molar-refractivity contribution is 7.89. The van der Waals surface area contributed by atoms with Crippen LogP contribution < -0.4 is 15.6 Å². The van der Waals surface area contributed by atoms with Crippen molar-refractivity contribution in [3.05, 3.63) is 89.7 Å². The number of rotatable bonds is 7. The van der Waals surface area contributed by atoms with Gasteiger partial charge >= 0.3 is 0 Å². The second kappa shape index (κ2) is 10.0. The van der Waals surface area contributed by atoms with Gasteiger partial charge in [-0.2, -0.15) is 0 Å². The van der Waals surface area contributed by atoms with Crippen LogP contribution in [0.25, 0.3) is 0 Å². The lowest BCUT2D eigenvalue weighted by Crippen LogP contribution is -2.41. The molecule has 2 amide bonds. The number of amides is 2. The van der Waals surface area contributed by atoms with Crippen molar-refractivity contribution in [1.29, 1.82) is 0 Å². The Balaban J connectivity index is 1.57. The molecule has 9 nitrogen and oxygen atoms in total. The van der Waals surface area contributed by atoms with Gasteiger partial charge in [-0.3, -0.25) is 25.4 Å². The first-order chi connectivity index (χ1) is 15.3. The fourth-order valence-electron chi connectivity index (χ4n) is 2.61. The van der Waals surface area contributed by atoms with Gasteiger partial charge in [0.05, 0.1) is 4.90 Å². The van der Waals surface area contributed by atoms with E-state index in [1.54, 1.807) is 36.7 Å². The predicted molar refractivity (Wildman–Crippen MR) is 117 cm³/mol. The number of benzene rings is 2. The van der Waals surface area contributed by atoms with E-state index >= 15 is 0 Å². The minimum absolute atomic E-state index is 0.0242. The third-order valence-electron chi connectivity index (χ3n) is 4.44. The zero-order valence-electron chi connectivity index (χ0n) is 17.5. The van der Waals surface area contributed by atoms with Crippen molar-refractivity contribution in [3.8, 4) is 5.75 Å². The minimum atomic E-state index is -3.68. The number of carbonyl (C=O) groups excluding carboxylic acids is 2. The number of aromatic nitrogens is 1. The van der Waals surface area contributed by atoms with E-state index in [2.05, 4.69) is 15.8 Å². The number of pyridine rings is 1. The van der Waals surface area contributed by atoms with Gasteiger partial charge in [0.1, 0.15) is 12.4 Å². The van der Waals surface area contributed by atoms with E-state index in [1.807, 2.05) is 12.1 Å². The lowest BCUT2D eigenvalue weighted by Gasteiger charge is -2.12. The Morgan fingerprint density at radius 2 is 1.53 bits per heavy atom. The molecule has 166 valence electrons. The van der Waals surface area contributed by atoms with Crippen LogP contribution in [0.2, 0.25) is 0 Å². The Morgan fingerprint density at radius 3 is 2.16 bits per heavy atom. The minimum Gasteiger partial charge on any atom is -0.489 e. The summed E-state index contributed by atoms with van der Waals surface area (Å²) in [7, 11) is -0.882. The second-order valence-electron chi connectivity index (χ2n) is 6.89. The standard InChI is InChI=1S/C22H22N4O5S/c1-26(2)32(29,30)20-5-3-4-18(14-20)22(28)25-24-21(27)17-6-8-19(9-7-17)31-15-16-10-12-23-13-11-16/h3-14H,15H2,1-2H3,(H,24,27)(H,25,28). The lowest BCUT2D eigenvalue weighted by atomic mass is 10.2. The Labute approximate surface area is 186 Å². The normalized spacial score (nSPS) is 11.1. The first-order valence-electron chi connectivity index (χ1n) is 9.52. The quantitative estimate of drug-likeness (QED) is 0.527. The molecule has 0 aliphatic carbocycles. The number of ether oxygens (including phenoxy) is 1. The fourth-order valence-corrected chi connectivity index (χ4v) is 3.56. The van der Waals surface area contributed by atoms with E-state index in [9.17, 15) is 18.0 Å². The lowest BCUT2D eigenvalue weighted by molar-refractivity contribution is 0.0846. The van der Waals surface area contributed by atoms with Gasteiger partial charge in [0.15, 0.2) is 0 Å². The van der Waals surface area contributed by atoms with Gasteiger partial charge in [-0.05, 0) is 60.2 Å². The molecule has 2 N–H and O–H groups in total. The first-order valence-corrected chi connectivity index (χ1v) is 11.0. The molecule has 0 atom stereocenters. The zero-order valence-corrected chi connectivity index (χ0v) is 18.3. The van der Waals surface area contributed by atoms with Crippen molar-refractivity contribution < 1.29 is 22.7 Å². The van der Waals surface area contributed by atoms with Crippen LogP contribution in [0.1, 0.15) is 26.3 Å². The highest BCUT2D eigenvalue weighted by Gasteiger charge is 2.19. The van der Waals surface area contributed by atoms with Gasteiger partial charge in [0.25, 0.3) is 11.8 Å². The van der Waals surface area contributed by atoms with Crippen LogP contribution in [0, 0.1) is 0 Å². The molecule has 2 aromatic carbocycles. The Morgan fingerprint density at radius 1 is 0.906 bits per heavy atom. The molecule has 32 heavy (non-hydrogen) atoms. The number of nitrogens with zero attached hydrogens (tertiary/aromatic N) is 2.